The van der Waals surface area contributed by atoms with Gasteiger partial charge in [0, 0.05) is 5.25 Å². The van der Waals surface area contributed by atoms with E-state index in [1.807, 2.05) is 0 Å². The summed E-state index contributed by atoms with van der Waals surface area (Å²) in [4.78, 5) is 0. The van der Waals surface area contributed by atoms with E-state index in [0.717, 1.165) is 5.92 Å². The first kappa shape index (κ1) is 4.92. The van der Waals surface area contributed by atoms with Gasteiger partial charge in [0.2, 0.25) is 0 Å². The van der Waals surface area contributed by atoms with Crippen molar-refractivity contribution < 1.29 is 0 Å². The topological polar surface area (TPSA) is 0 Å². The van der Waals surface area contributed by atoms with Crippen LogP contribution in [0.15, 0.2) is 11.6 Å². The molecule has 0 aromatic rings. The Morgan fingerprint density at radius 3 is 2.62 bits per heavy atom. The van der Waals surface area contributed by atoms with Crippen molar-refractivity contribution >= 4 is 12.6 Å². The molecule has 0 heterocycles. The van der Waals surface area contributed by atoms with Gasteiger partial charge < -0.3 is 0 Å². The van der Waals surface area contributed by atoms with Gasteiger partial charge in [-0.2, -0.15) is 12.6 Å². The summed E-state index contributed by atoms with van der Waals surface area (Å²) in [6.45, 7) is 0. The number of rotatable bonds is 0. The predicted molar refractivity (Wildman–Crippen MR) is 38.2 cm³/mol. The molecular formula is C7H10S. The van der Waals surface area contributed by atoms with Crippen molar-refractivity contribution in [3.8, 4) is 0 Å². The predicted octanol–water partition coefficient (Wildman–Crippen LogP) is 2.02. The third-order valence-electron chi connectivity index (χ3n) is 2.25. The molecular weight excluding hydrogens is 116 g/mol. The minimum Gasteiger partial charge on any atom is -0.175 e. The molecule has 2 unspecified atom stereocenters. The molecule has 0 spiro atoms. The van der Waals surface area contributed by atoms with E-state index in [2.05, 4.69) is 18.7 Å². The molecule has 0 saturated heterocycles. The van der Waals surface area contributed by atoms with Crippen molar-refractivity contribution in [2.75, 3.05) is 0 Å². The Kier molecular flexibility index (Phi) is 0.944. The molecule has 8 heavy (non-hydrogen) atoms. The Hall–Kier alpha value is 0.0900. The normalized spacial score (nSPS) is 42.9. The Morgan fingerprint density at radius 2 is 2.38 bits per heavy atom. The second-order valence-electron chi connectivity index (χ2n) is 2.83. The van der Waals surface area contributed by atoms with Crippen LogP contribution in [-0.4, -0.2) is 5.25 Å². The Bertz CT molecular complexity index is 137. The van der Waals surface area contributed by atoms with Crippen LogP contribution in [0.4, 0.5) is 0 Å². The lowest BCUT2D eigenvalue weighted by Crippen LogP contribution is -2.05. The SMILES string of the molecule is SC1CC2=CCC1C2. The first-order valence-electron chi connectivity index (χ1n) is 3.22. The Labute approximate surface area is 55.4 Å². The van der Waals surface area contributed by atoms with Crippen molar-refractivity contribution in [3.05, 3.63) is 11.6 Å². The summed E-state index contributed by atoms with van der Waals surface area (Å²) in [5, 5.41) is 0.704. The molecule has 0 aromatic heterocycles. The molecule has 2 aliphatic rings. The summed E-state index contributed by atoms with van der Waals surface area (Å²) in [7, 11) is 0. The molecule has 1 fully saturated rings. The van der Waals surface area contributed by atoms with Crippen LogP contribution in [0.25, 0.3) is 0 Å². The highest BCUT2D eigenvalue weighted by Crippen LogP contribution is 2.42. The van der Waals surface area contributed by atoms with Crippen LogP contribution in [0, 0.1) is 5.92 Å². The number of fused-ring (bicyclic) bond motifs is 2. The van der Waals surface area contributed by atoms with Crippen LogP contribution in [0.1, 0.15) is 19.3 Å². The first-order chi connectivity index (χ1) is 3.86. The summed E-state index contributed by atoms with van der Waals surface area (Å²) in [5.74, 6) is 0.910. The van der Waals surface area contributed by atoms with Crippen LogP contribution >= 0.6 is 12.6 Å². The van der Waals surface area contributed by atoms with Crippen molar-refractivity contribution in [2.24, 2.45) is 5.92 Å². The van der Waals surface area contributed by atoms with Gasteiger partial charge in [0.15, 0.2) is 0 Å². The van der Waals surface area contributed by atoms with Crippen molar-refractivity contribution in [3.63, 3.8) is 0 Å². The molecule has 0 nitrogen and oxygen atoms in total. The lowest BCUT2D eigenvalue weighted by Gasteiger charge is -2.10. The maximum absolute atomic E-state index is 4.46. The van der Waals surface area contributed by atoms with Gasteiger partial charge in [-0.05, 0) is 25.2 Å². The molecule has 1 heteroatoms. The third-order valence-corrected chi connectivity index (χ3v) is 2.85. The zero-order valence-electron chi connectivity index (χ0n) is 4.80. The number of allylic oxidation sites excluding steroid dienone is 2. The summed E-state index contributed by atoms with van der Waals surface area (Å²) >= 11 is 4.46. The van der Waals surface area contributed by atoms with Gasteiger partial charge >= 0.3 is 0 Å². The molecule has 0 amide bonds. The maximum Gasteiger partial charge on any atom is 0.00882 e. The molecule has 1 saturated carbocycles. The third kappa shape index (κ3) is 0.540. The molecule has 2 bridgehead atoms. The number of hydrogen-bond donors (Lipinski definition) is 1. The van der Waals surface area contributed by atoms with E-state index in [-0.39, 0.29) is 0 Å². The molecule has 0 aromatic carbocycles. The number of thiol groups is 1. The smallest absolute Gasteiger partial charge is 0.00882 e. The molecule has 2 aliphatic carbocycles. The highest BCUT2D eigenvalue weighted by atomic mass is 32.1. The highest BCUT2D eigenvalue weighted by molar-refractivity contribution is 7.81. The summed E-state index contributed by atoms with van der Waals surface area (Å²) < 4.78 is 0. The highest BCUT2D eigenvalue weighted by Gasteiger charge is 2.31. The fraction of sp³-hybridized carbons (Fsp3) is 0.714. The number of hydrogen-bond acceptors (Lipinski definition) is 1. The average Bonchev–Trinajstić information content (AvgIpc) is 2.23. The van der Waals surface area contributed by atoms with E-state index < -0.39 is 0 Å². The summed E-state index contributed by atoms with van der Waals surface area (Å²) in [5.41, 5.74) is 1.66. The second-order valence-corrected chi connectivity index (χ2v) is 3.50. The minimum atomic E-state index is 0.704. The van der Waals surface area contributed by atoms with Crippen molar-refractivity contribution in [2.45, 2.75) is 24.5 Å². The van der Waals surface area contributed by atoms with Gasteiger partial charge in [0.25, 0.3) is 0 Å². The van der Waals surface area contributed by atoms with Crippen LogP contribution in [0.5, 0.6) is 0 Å². The van der Waals surface area contributed by atoms with Crippen LogP contribution < -0.4 is 0 Å². The van der Waals surface area contributed by atoms with E-state index in [1.54, 1.807) is 5.57 Å². The fourth-order valence-corrected chi connectivity index (χ4v) is 2.18. The monoisotopic (exact) mass is 126 g/mol. The fourth-order valence-electron chi connectivity index (χ4n) is 1.72. The van der Waals surface area contributed by atoms with E-state index in [1.165, 1.54) is 19.3 Å². The van der Waals surface area contributed by atoms with Gasteiger partial charge in [0.1, 0.15) is 0 Å². The Morgan fingerprint density at radius 1 is 1.50 bits per heavy atom. The minimum absolute atomic E-state index is 0.704. The molecule has 2 atom stereocenters. The molecule has 0 radical (unpaired) electrons. The standard InChI is InChI=1S/C7H10S/c8-7-4-5-1-2-6(7)3-5/h1,6-8H,2-4H2. The zero-order valence-corrected chi connectivity index (χ0v) is 5.70. The van der Waals surface area contributed by atoms with E-state index >= 15 is 0 Å². The summed E-state index contributed by atoms with van der Waals surface area (Å²) in [6.07, 6.45) is 6.32. The zero-order chi connectivity index (χ0) is 5.56. The van der Waals surface area contributed by atoms with Crippen LogP contribution in [0.3, 0.4) is 0 Å². The van der Waals surface area contributed by atoms with Crippen molar-refractivity contribution in [1.82, 2.24) is 0 Å². The second kappa shape index (κ2) is 1.53. The summed E-state index contributed by atoms with van der Waals surface area (Å²) in [6, 6.07) is 0. The molecule has 0 aliphatic heterocycles. The Balaban J connectivity index is 2.25. The largest absolute Gasteiger partial charge is 0.175 e. The van der Waals surface area contributed by atoms with Crippen LogP contribution in [0.2, 0.25) is 0 Å². The van der Waals surface area contributed by atoms with Crippen molar-refractivity contribution in [1.29, 1.82) is 0 Å². The van der Waals surface area contributed by atoms with E-state index in [4.69, 9.17) is 0 Å². The van der Waals surface area contributed by atoms with Gasteiger partial charge in [-0.25, -0.2) is 0 Å². The van der Waals surface area contributed by atoms with Gasteiger partial charge in [-0.1, -0.05) is 11.6 Å². The van der Waals surface area contributed by atoms with E-state index in [0.29, 0.717) is 5.25 Å². The van der Waals surface area contributed by atoms with Gasteiger partial charge in [-0.3, -0.25) is 0 Å². The van der Waals surface area contributed by atoms with Gasteiger partial charge in [0.05, 0.1) is 0 Å². The molecule has 2 rings (SSSR count). The average molecular weight is 126 g/mol. The first-order valence-corrected chi connectivity index (χ1v) is 3.74. The van der Waals surface area contributed by atoms with Gasteiger partial charge in [-0.15, -0.1) is 0 Å². The quantitative estimate of drug-likeness (QED) is 0.372. The lowest BCUT2D eigenvalue weighted by atomic mass is 10.1. The maximum atomic E-state index is 4.46. The van der Waals surface area contributed by atoms with E-state index in [9.17, 15) is 0 Å². The lowest BCUT2D eigenvalue weighted by molar-refractivity contribution is 0.593. The van der Waals surface area contributed by atoms with Crippen LogP contribution in [-0.2, 0) is 0 Å². The molecule has 0 N–H and O–H groups in total. The molecule has 44 valence electrons.